The molecule has 7 heteroatoms. The molecule has 1 aromatic carbocycles. The van der Waals surface area contributed by atoms with Gasteiger partial charge < -0.3 is 30.3 Å². The molecule has 1 saturated carbocycles. The summed E-state index contributed by atoms with van der Waals surface area (Å²) >= 11 is 0. The minimum atomic E-state index is -0.680. The Morgan fingerprint density at radius 1 is 1.15 bits per heavy atom. The highest BCUT2D eigenvalue weighted by molar-refractivity contribution is 5.77. The minimum absolute atomic E-state index is 0.00524. The van der Waals surface area contributed by atoms with Crippen LogP contribution in [0, 0.1) is 11.8 Å². The van der Waals surface area contributed by atoms with Crippen molar-refractivity contribution in [3.63, 3.8) is 0 Å². The van der Waals surface area contributed by atoms with Gasteiger partial charge in [-0.15, -0.1) is 0 Å². The van der Waals surface area contributed by atoms with Crippen molar-refractivity contribution < 1.29 is 24.5 Å². The first kappa shape index (κ1) is 18.9. The fourth-order valence-electron chi connectivity index (χ4n) is 4.13. The number of amides is 1. The van der Waals surface area contributed by atoms with Gasteiger partial charge in [-0.1, -0.05) is 6.07 Å². The highest BCUT2D eigenvalue weighted by atomic mass is 16.5. The first-order valence-electron chi connectivity index (χ1n) is 9.04. The highest BCUT2D eigenvalue weighted by Gasteiger charge is 2.42. The van der Waals surface area contributed by atoms with Crippen LogP contribution in [0.3, 0.4) is 0 Å². The Balaban J connectivity index is 1.61. The molecule has 1 aromatic rings. The number of carbonyl (C=O) groups excluding carboxylic acids is 1. The van der Waals surface area contributed by atoms with Gasteiger partial charge in [0.1, 0.15) is 0 Å². The van der Waals surface area contributed by atoms with Gasteiger partial charge in [0.05, 0.1) is 26.4 Å². The number of benzene rings is 1. The van der Waals surface area contributed by atoms with Crippen LogP contribution in [-0.4, -0.2) is 60.5 Å². The quantitative estimate of drug-likeness (QED) is 0.710. The molecule has 7 nitrogen and oxygen atoms in total. The molecule has 5 atom stereocenters. The third-order valence-electron chi connectivity index (χ3n) is 5.69. The van der Waals surface area contributed by atoms with Crippen molar-refractivity contribution in [1.82, 2.24) is 4.90 Å². The van der Waals surface area contributed by atoms with Crippen molar-refractivity contribution in [2.24, 2.45) is 17.6 Å². The Morgan fingerprint density at radius 3 is 2.27 bits per heavy atom. The molecule has 2 fully saturated rings. The molecular weight excluding hydrogens is 336 g/mol. The molecule has 2 aliphatic rings. The molecule has 1 heterocycles. The standard InChI is InChI=1S/C19H28N2O5/c1-25-17-4-3-11(7-18(17)26-2)14(20)8-19(24)21-9-12-5-15(22)16(23)6-13(12)10-21/h3-4,7,12-16,22-23H,5-6,8-10,20H2,1-2H3/t12-,13+,14-,15+,16-/m1/s1. The molecular formula is C19H28N2O5. The van der Waals surface area contributed by atoms with E-state index in [4.69, 9.17) is 15.2 Å². The zero-order chi connectivity index (χ0) is 18.8. The van der Waals surface area contributed by atoms with Gasteiger partial charge in [0, 0.05) is 25.6 Å². The van der Waals surface area contributed by atoms with E-state index in [9.17, 15) is 15.0 Å². The number of aliphatic hydroxyl groups excluding tert-OH is 2. The maximum Gasteiger partial charge on any atom is 0.224 e. The lowest BCUT2D eigenvalue weighted by atomic mass is 9.79. The lowest BCUT2D eigenvalue weighted by Gasteiger charge is -2.31. The Kier molecular flexibility index (Phi) is 5.70. The fraction of sp³-hybridized carbons (Fsp3) is 0.632. The van der Waals surface area contributed by atoms with E-state index in [1.165, 1.54) is 0 Å². The molecule has 3 rings (SSSR count). The molecule has 1 amide bonds. The van der Waals surface area contributed by atoms with E-state index in [0.29, 0.717) is 37.4 Å². The predicted molar refractivity (Wildman–Crippen MR) is 95.9 cm³/mol. The second kappa shape index (κ2) is 7.82. The number of aliphatic hydroxyl groups is 2. The largest absolute Gasteiger partial charge is 0.493 e. The molecule has 1 aliphatic heterocycles. The summed E-state index contributed by atoms with van der Waals surface area (Å²) in [5.41, 5.74) is 7.06. The summed E-state index contributed by atoms with van der Waals surface area (Å²) in [7, 11) is 3.13. The van der Waals surface area contributed by atoms with Gasteiger partial charge in [0.2, 0.25) is 5.91 Å². The Bertz CT molecular complexity index is 635. The maximum atomic E-state index is 12.7. The number of methoxy groups -OCH3 is 2. The van der Waals surface area contributed by atoms with Gasteiger partial charge in [-0.2, -0.15) is 0 Å². The second-order valence-corrected chi connectivity index (χ2v) is 7.35. The summed E-state index contributed by atoms with van der Waals surface area (Å²) < 4.78 is 10.5. The Hall–Kier alpha value is -1.83. The van der Waals surface area contributed by atoms with E-state index in [1.807, 2.05) is 11.0 Å². The monoisotopic (exact) mass is 364 g/mol. The molecule has 144 valence electrons. The van der Waals surface area contributed by atoms with Gasteiger partial charge in [0.25, 0.3) is 0 Å². The van der Waals surface area contributed by atoms with Crippen LogP contribution in [0.15, 0.2) is 18.2 Å². The highest BCUT2D eigenvalue weighted by Crippen LogP contribution is 2.37. The predicted octanol–water partition coefficient (Wildman–Crippen LogP) is 0.684. The van der Waals surface area contributed by atoms with E-state index in [0.717, 1.165) is 5.56 Å². The van der Waals surface area contributed by atoms with Crippen molar-refractivity contribution in [2.75, 3.05) is 27.3 Å². The van der Waals surface area contributed by atoms with Crippen LogP contribution in [0.25, 0.3) is 0 Å². The number of likely N-dealkylation sites (tertiary alicyclic amines) is 1. The summed E-state index contributed by atoms with van der Waals surface area (Å²) in [5.74, 6) is 1.73. The second-order valence-electron chi connectivity index (χ2n) is 7.35. The average Bonchev–Trinajstić information content (AvgIpc) is 3.04. The molecule has 0 bridgehead atoms. The van der Waals surface area contributed by atoms with Crippen LogP contribution in [0.5, 0.6) is 11.5 Å². The molecule has 4 N–H and O–H groups in total. The van der Waals surface area contributed by atoms with E-state index in [1.54, 1.807) is 26.4 Å². The Morgan fingerprint density at radius 2 is 1.73 bits per heavy atom. The number of hydrogen-bond donors (Lipinski definition) is 3. The number of nitrogens with two attached hydrogens (primary N) is 1. The minimum Gasteiger partial charge on any atom is -0.493 e. The summed E-state index contributed by atoms with van der Waals surface area (Å²) in [6.07, 6.45) is -0.0463. The van der Waals surface area contributed by atoms with Crippen LogP contribution in [0.2, 0.25) is 0 Å². The fourth-order valence-corrected chi connectivity index (χ4v) is 4.13. The van der Waals surface area contributed by atoms with Crippen LogP contribution in [0.1, 0.15) is 30.9 Å². The molecule has 0 spiro atoms. The van der Waals surface area contributed by atoms with Crippen molar-refractivity contribution in [2.45, 2.75) is 37.5 Å². The number of rotatable bonds is 5. The van der Waals surface area contributed by atoms with Crippen molar-refractivity contribution >= 4 is 5.91 Å². The molecule has 1 aliphatic carbocycles. The summed E-state index contributed by atoms with van der Waals surface area (Å²) in [6, 6.07) is 5.00. The topological polar surface area (TPSA) is 105 Å². The van der Waals surface area contributed by atoms with Gasteiger partial charge >= 0.3 is 0 Å². The van der Waals surface area contributed by atoms with Gasteiger partial charge in [-0.3, -0.25) is 4.79 Å². The number of carbonyl (C=O) groups is 1. The molecule has 26 heavy (non-hydrogen) atoms. The van der Waals surface area contributed by atoms with E-state index in [-0.39, 0.29) is 24.2 Å². The van der Waals surface area contributed by atoms with Gasteiger partial charge in [-0.25, -0.2) is 0 Å². The van der Waals surface area contributed by atoms with E-state index in [2.05, 4.69) is 0 Å². The van der Waals surface area contributed by atoms with Crippen molar-refractivity contribution in [3.05, 3.63) is 23.8 Å². The molecule has 0 unspecified atom stereocenters. The smallest absolute Gasteiger partial charge is 0.224 e. The van der Waals surface area contributed by atoms with Crippen LogP contribution >= 0.6 is 0 Å². The molecule has 0 aromatic heterocycles. The van der Waals surface area contributed by atoms with Crippen LogP contribution in [0.4, 0.5) is 0 Å². The van der Waals surface area contributed by atoms with Crippen molar-refractivity contribution in [1.29, 1.82) is 0 Å². The van der Waals surface area contributed by atoms with E-state index >= 15 is 0 Å². The lowest BCUT2D eigenvalue weighted by Crippen LogP contribution is -2.38. The zero-order valence-electron chi connectivity index (χ0n) is 15.3. The maximum absolute atomic E-state index is 12.7. The number of nitrogens with zero attached hydrogens (tertiary/aromatic N) is 1. The van der Waals surface area contributed by atoms with Crippen LogP contribution < -0.4 is 15.2 Å². The SMILES string of the molecule is COc1ccc([C@H](N)CC(=O)N2C[C@H]3C[C@H](O)[C@H](O)C[C@H]3C2)cc1OC. The van der Waals surface area contributed by atoms with Gasteiger partial charge in [0.15, 0.2) is 11.5 Å². The molecule has 0 radical (unpaired) electrons. The summed E-state index contributed by atoms with van der Waals surface area (Å²) in [6.45, 7) is 1.26. The summed E-state index contributed by atoms with van der Waals surface area (Å²) in [5, 5.41) is 19.7. The third kappa shape index (κ3) is 3.79. The normalized spacial score (nSPS) is 29.2. The van der Waals surface area contributed by atoms with Gasteiger partial charge in [-0.05, 0) is 42.4 Å². The Labute approximate surface area is 153 Å². The number of ether oxygens (including phenoxy) is 2. The summed E-state index contributed by atoms with van der Waals surface area (Å²) in [4.78, 5) is 14.5. The first-order valence-corrected chi connectivity index (χ1v) is 9.04. The third-order valence-corrected chi connectivity index (χ3v) is 5.69. The average molecular weight is 364 g/mol. The molecule has 1 saturated heterocycles. The number of hydrogen-bond acceptors (Lipinski definition) is 6. The van der Waals surface area contributed by atoms with E-state index < -0.39 is 18.2 Å². The number of fused-ring (bicyclic) bond motifs is 1. The lowest BCUT2D eigenvalue weighted by molar-refractivity contribution is -0.130. The zero-order valence-corrected chi connectivity index (χ0v) is 15.3. The van der Waals surface area contributed by atoms with Crippen molar-refractivity contribution in [3.8, 4) is 11.5 Å². The first-order chi connectivity index (χ1) is 12.4. The van der Waals surface area contributed by atoms with Crippen LogP contribution in [-0.2, 0) is 4.79 Å².